The molecule has 2 aromatic carbocycles. The Morgan fingerprint density at radius 2 is 1.52 bits per heavy atom. The van der Waals surface area contributed by atoms with E-state index in [1.54, 1.807) is 0 Å². The molecule has 142 valence electrons. The predicted molar refractivity (Wildman–Crippen MR) is 91.3 cm³/mol. The lowest BCUT2D eigenvalue weighted by Crippen LogP contribution is -2.17. The minimum Gasteiger partial charge on any atom is -0.481 e. The molecule has 2 amide bonds. The van der Waals surface area contributed by atoms with Crippen molar-refractivity contribution in [3.63, 3.8) is 0 Å². The molecule has 2 aromatic rings. The van der Waals surface area contributed by atoms with Crippen LogP contribution in [0.5, 0.6) is 0 Å². The van der Waals surface area contributed by atoms with Crippen LogP contribution in [0.25, 0.3) is 0 Å². The van der Waals surface area contributed by atoms with Crippen LogP contribution in [0.1, 0.15) is 28.8 Å². The number of carboxylic acid groups (broad SMARTS) is 1. The second kappa shape index (κ2) is 8.35. The molecule has 0 aromatic heterocycles. The van der Waals surface area contributed by atoms with Gasteiger partial charge in [0.15, 0.2) is 0 Å². The molecule has 0 fully saturated rings. The van der Waals surface area contributed by atoms with Gasteiger partial charge in [-0.2, -0.15) is 13.2 Å². The normalized spacial score (nSPS) is 10.9. The number of carbonyl (C=O) groups excluding carboxylic acids is 2. The Balaban J connectivity index is 2.04. The van der Waals surface area contributed by atoms with Crippen LogP contribution in [0.15, 0.2) is 48.5 Å². The molecule has 0 saturated carbocycles. The second-order valence-corrected chi connectivity index (χ2v) is 5.52. The van der Waals surface area contributed by atoms with E-state index >= 15 is 0 Å². The maximum atomic E-state index is 13.0. The monoisotopic (exact) mass is 380 g/mol. The number of nitrogens with one attached hydrogen (secondary N) is 2. The summed E-state index contributed by atoms with van der Waals surface area (Å²) < 4.78 is 38.9. The topological polar surface area (TPSA) is 95.5 Å². The summed E-state index contributed by atoms with van der Waals surface area (Å²) in [6.07, 6.45) is -5.12. The van der Waals surface area contributed by atoms with Gasteiger partial charge in [0.25, 0.3) is 5.91 Å². The number of hydrogen-bond acceptors (Lipinski definition) is 3. The third-order valence-electron chi connectivity index (χ3n) is 3.48. The van der Waals surface area contributed by atoms with Crippen molar-refractivity contribution in [2.45, 2.75) is 19.0 Å². The highest BCUT2D eigenvalue weighted by Gasteiger charge is 2.33. The lowest BCUT2D eigenvalue weighted by atomic mass is 10.1. The molecule has 6 nitrogen and oxygen atoms in total. The maximum Gasteiger partial charge on any atom is 0.418 e. The molecular weight excluding hydrogens is 365 g/mol. The van der Waals surface area contributed by atoms with E-state index in [1.807, 2.05) is 0 Å². The number of amides is 2. The zero-order valence-corrected chi connectivity index (χ0v) is 13.8. The highest BCUT2D eigenvalue weighted by molar-refractivity contribution is 6.05. The molecule has 2 rings (SSSR count). The van der Waals surface area contributed by atoms with E-state index in [1.165, 1.54) is 36.4 Å². The van der Waals surface area contributed by atoms with Crippen LogP contribution in [0, 0.1) is 0 Å². The summed E-state index contributed by atoms with van der Waals surface area (Å²) in [4.78, 5) is 34.1. The Bertz CT molecular complexity index is 848. The van der Waals surface area contributed by atoms with Crippen LogP contribution in [-0.4, -0.2) is 22.9 Å². The van der Waals surface area contributed by atoms with Gasteiger partial charge in [-0.3, -0.25) is 14.4 Å². The minimum absolute atomic E-state index is 0.0931. The zero-order chi connectivity index (χ0) is 20.0. The van der Waals surface area contributed by atoms with Crippen molar-refractivity contribution in [1.82, 2.24) is 0 Å². The minimum atomic E-state index is -4.60. The summed E-state index contributed by atoms with van der Waals surface area (Å²) in [5.41, 5.74) is -0.894. The van der Waals surface area contributed by atoms with Crippen LogP contribution in [0.2, 0.25) is 0 Å². The fourth-order valence-electron chi connectivity index (χ4n) is 2.18. The fourth-order valence-corrected chi connectivity index (χ4v) is 2.18. The molecule has 0 unspecified atom stereocenters. The molecule has 27 heavy (non-hydrogen) atoms. The molecule has 0 bridgehead atoms. The number of benzene rings is 2. The van der Waals surface area contributed by atoms with Gasteiger partial charge in [-0.1, -0.05) is 12.1 Å². The number of alkyl halides is 3. The first kappa shape index (κ1) is 20.0. The van der Waals surface area contributed by atoms with Gasteiger partial charge in [0, 0.05) is 17.7 Å². The van der Waals surface area contributed by atoms with Crippen molar-refractivity contribution in [3.05, 3.63) is 59.7 Å². The molecule has 0 spiro atoms. The number of rotatable bonds is 6. The van der Waals surface area contributed by atoms with Gasteiger partial charge >= 0.3 is 12.1 Å². The zero-order valence-electron chi connectivity index (χ0n) is 13.8. The molecule has 0 aliphatic carbocycles. The Morgan fingerprint density at radius 3 is 2.11 bits per heavy atom. The first-order chi connectivity index (χ1) is 12.7. The van der Waals surface area contributed by atoms with Crippen LogP contribution in [0.3, 0.4) is 0 Å². The SMILES string of the molecule is O=C(O)CCC(=O)Nc1ccc(C(=O)Nc2ccccc2C(F)(F)F)cc1. The summed E-state index contributed by atoms with van der Waals surface area (Å²) in [7, 11) is 0. The third-order valence-corrected chi connectivity index (χ3v) is 3.48. The number of anilines is 2. The molecule has 0 aliphatic rings. The summed E-state index contributed by atoms with van der Waals surface area (Å²) in [6.45, 7) is 0. The molecule has 3 N–H and O–H groups in total. The summed E-state index contributed by atoms with van der Waals surface area (Å²) in [5.74, 6) is -2.35. The Kier molecular flexibility index (Phi) is 6.17. The summed E-state index contributed by atoms with van der Waals surface area (Å²) in [5, 5.41) is 13.2. The molecule has 0 aliphatic heterocycles. The Morgan fingerprint density at radius 1 is 0.889 bits per heavy atom. The molecule has 0 atom stereocenters. The van der Waals surface area contributed by atoms with E-state index in [-0.39, 0.29) is 24.1 Å². The van der Waals surface area contributed by atoms with Crippen LogP contribution in [-0.2, 0) is 15.8 Å². The first-order valence-electron chi connectivity index (χ1n) is 7.76. The lowest BCUT2D eigenvalue weighted by molar-refractivity contribution is -0.138. The quantitative estimate of drug-likeness (QED) is 0.711. The van der Waals surface area contributed by atoms with Crippen molar-refractivity contribution in [2.75, 3.05) is 10.6 Å². The van der Waals surface area contributed by atoms with Crippen molar-refractivity contribution in [2.24, 2.45) is 0 Å². The summed E-state index contributed by atoms with van der Waals surface area (Å²) in [6, 6.07) is 10.1. The maximum absolute atomic E-state index is 13.0. The van der Waals surface area contributed by atoms with Gasteiger partial charge in [0.2, 0.25) is 5.91 Å². The second-order valence-electron chi connectivity index (χ2n) is 5.52. The Hall–Kier alpha value is -3.36. The van der Waals surface area contributed by atoms with Crippen LogP contribution >= 0.6 is 0 Å². The van der Waals surface area contributed by atoms with Gasteiger partial charge in [0.1, 0.15) is 0 Å². The van der Waals surface area contributed by atoms with Crippen molar-refractivity contribution in [3.8, 4) is 0 Å². The Labute approximate surface area is 152 Å². The van der Waals surface area contributed by atoms with E-state index in [4.69, 9.17) is 5.11 Å². The summed E-state index contributed by atoms with van der Waals surface area (Å²) >= 11 is 0. The highest BCUT2D eigenvalue weighted by Crippen LogP contribution is 2.34. The number of aliphatic carboxylic acids is 1. The number of para-hydroxylation sites is 1. The molecule has 0 radical (unpaired) electrons. The molecule has 9 heteroatoms. The first-order valence-corrected chi connectivity index (χ1v) is 7.76. The van der Waals surface area contributed by atoms with Crippen LogP contribution in [0.4, 0.5) is 24.5 Å². The average molecular weight is 380 g/mol. The van der Waals surface area contributed by atoms with Gasteiger partial charge in [-0.25, -0.2) is 0 Å². The van der Waals surface area contributed by atoms with E-state index < -0.39 is 29.5 Å². The number of hydrogen-bond donors (Lipinski definition) is 3. The fraction of sp³-hybridized carbons (Fsp3) is 0.167. The highest BCUT2D eigenvalue weighted by atomic mass is 19.4. The lowest BCUT2D eigenvalue weighted by Gasteiger charge is -2.13. The van der Waals surface area contributed by atoms with Gasteiger partial charge in [0.05, 0.1) is 17.7 Å². The number of carboxylic acids is 1. The predicted octanol–water partition coefficient (Wildman–Crippen LogP) is 3.76. The average Bonchev–Trinajstić information content (AvgIpc) is 2.60. The van der Waals surface area contributed by atoms with Crippen molar-refractivity contribution >= 4 is 29.2 Å². The third kappa shape index (κ3) is 5.84. The molecular formula is C18H15F3N2O4. The van der Waals surface area contributed by atoms with Gasteiger partial charge in [-0.05, 0) is 36.4 Å². The van der Waals surface area contributed by atoms with Crippen molar-refractivity contribution in [1.29, 1.82) is 0 Å². The molecule has 0 heterocycles. The number of carbonyl (C=O) groups is 3. The van der Waals surface area contributed by atoms with Crippen LogP contribution < -0.4 is 10.6 Å². The smallest absolute Gasteiger partial charge is 0.418 e. The van der Waals surface area contributed by atoms with Crippen molar-refractivity contribution < 1.29 is 32.7 Å². The van der Waals surface area contributed by atoms with E-state index in [2.05, 4.69) is 10.6 Å². The van der Waals surface area contributed by atoms with E-state index in [0.717, 1.165) is 12.1 Å². The van der Waals surface area contributed by atoms with E-state index in [0.29, 0.717) is 5.69 Å². The number of halogens is 3. The standard InChI is InChI=1S/C18H15F3N2O4/c19-18(20,21)13-3-1-2-4-14(13)23-17(27)11-5-7-12(8-6-11)22-15(24)9-10-16(25)26/h1-8H,9-10H2,(H,22,24)(H,23,27)(H,25,26). The van der Waals surface area contributed by atoms with Gasteiger partial charge < -0.3 is 15.7 Å². The van der Waals surface area contributed by atoms with Gasteiger partial charge in [-0.15, -0.1) is 0 Å². The van der Waals surface area contributed by atoms with E-state index in [9.17, 15) is 27.6 Å². The largest absolute Gasteiger partial charge is 0.481 e. The molecule has 0 saturated heterocycles.